The van der Waals surface area contributed by atoms with Gasteiger partial charge in [0, 0.05) is 0 Å². The second-order valence-corrected chi connectivity index (χ2v) is 2.71. The first-order chi connectivity index (χ1) is 5.25. The van der Waals surface area contributed by atoms with E-state index in [1.807, 2.05) is 0 Å². The van der Waals surface area contributed by atoms with E-state index in [9.17, 15) is 0 Å². The van der Waals surface area contributed by atoms with Crippen molar-refractivity contribution in [2.24, 2.45) is 0 Å². The second kappa shape index (κ2) is 3.84. The van der Waals surface area contributed by atoms with Crippen molar-refractivity contribution >= 4 is 23.2 Å². The van der Waals surface area contributed by atoms with Gasteiger partial charge in [-0.3, -0.25) is 0 Å². The first kappa shape index (κ1) is 8.69. The van der Waals surface area contributed by atoms with Gasteiger partial charge in [-0.15, -0.1) is 0 Å². The molecule has 0 aromatic heterocycles. The summed E-state index contributed by atoms with van der Waals surface area (Å²) in [6.45, 7) is 3.85. The summed E-state index contributed by atoms with van der Waals surface area (Å²) >= 11 is 11.5. The summed E-state index contributed by atoms with van der Waals surface area (Å²) in [5.41, 5.74) is 0. The van der Waals surface area contributed by atoms with Crippen molar-refractivity contribution in [3.05, 3.63) is 35.2 Å². The maximum absolute atomic E-state index is 5.77. The molecular weight excluding hydrogens is 183 g/mol. The van der Waals surface area contributed by atoms with Gasteiger partial charge in [-0.25, -0.2) is 0 Å². The van der Waals surface area contributed by atoms with Gasteiger partial charge >= 0.3 is 0 Å². The third-order valence-corrected chi connectivity index (χ3v) is 1.76. The van der Waals surface area contributed by atoms with Gasteiger partial charge in [0.05, 0.1) is 16.7 Å². The highest BCUT2D eigenvalue weighted by molar-refractivity contribution is 6.37. The molecule has 1 rings (SSSR count). The maximum atomic E-state index is 5.77. The summed E-state index contributed by atoms with van der Waals surface area (Å²) in [6, 6.07) is 5.21. The zero-order valence-electron chi connectivity index (χ0n) is 5.81. The van der Waals surface area contributed by atoms with Crippen molar-refractivity contribution in [1.29, 1.82) is 0 Å². The van der Waals surface area contributed by atoms with Crippen molar-refractivity contribution in [2.45, 2.75) is 0 Å². The Bertz CT molecular complexity index is 228. The number of para-hydroxylation sites is 1. The minimum absolute atomic E-state index is 0.323. The smallest absolute Gasteiger partial charge is 0.156 e. The Hall–Kier alpha value is -0.400. The summed E-state index contributed by atoms with van der Waals surface area (Å²) in [7, 11) is 0. The highest BCUT2D eigenvalue weighted by Crippen LogP contribution is 2.31. The summed E-state index contributed by atoms with van der Waals surface area (Å²) < 4.78 is 5.09. The largest absolute Gasteiger partial charge is 0.490 e. The second-order valence-electron chi connectivity index (χ2n) is 1.90. The molecule has 0 aliphatic rings. The summed E-state index contributed by atoms with van der Waals surface area (Å²) in [4.78, 5) is 0. The van der Waals surface area contributed by atoms with Crippen molar-refractivity contribution in [3.8, 4) is 5.75 Å². The molecule has 0 N–H and O–H groups in total. The summed E-state index contributed by atoms with van der Waals surface area (Å²) in [6.07, 6.45) is 0. The molecule has 11 heavy (non-hydrogen) atoms. The van der Waals surface area contributed by atoms with Crippen LogP contribution in [0.15, 0.2) is 18.2 Å². The normalized spacial score (nSPS) is 9.73. The van der Waals surface area contributed by atoms with Crippen molar-refractivity contribution in [3.63, 3.8) is 0 Å². The number of benzene rings is 1. The first-order valence-corrected chi connectivity index (χ1v) is 3.87. The fourth-order valence-electron chi connectivity index (χ4n) is 0.722. The lowest BCUT2D eigenvalue weighted by Gasteiger charge is -2.05. The van der Waals surface area contributed by atoms with E-state index >= 15 is 0 Å². The van der Waals surface area contributed by atoms with Crippen LogP contribution in [0.25, 0.3) is 0 Å². The van der Waals surface area contributed by atoms with Crippen LogP contribution in [-0.4, -0.2) is 6.61 Å². The Morgan fingerprint density at radius 1 is 1.27 bits per heavy atom. The predicted molar refractivity (Wildman–Crippen MR) is 47.3 cm³/mol. The molecule has 1 aromatic carbocycles. The zero-order valence-corrected chi connectivity index (χ0v) is 7.32. The zero-order chi connectivity index (χ0) is 8.27. The average Bonchev–Trinajstić information content (AvgIpc) is 1.97. The van der Waals surface area contributed by atoms with Crippen molar-refractivity contribution < 1.29 is 4.74 Å². The molecule has 3 heteroatoms. The van der Waals surface area contributed by atoms with Crippen LogP contribution in [0.2, 0.25) is 10.0 Å². The Labute approximate surface area is 75.9 Å². The molecule has 1 radical (unpaired) electrons. The topological polar surface area (TPSA) is 9.23 Å². The molecule has 0 saturated carbocycles. The molecule has 0 aliphatic heterocycles. The highest BCUT2D eigenvalue weighted by Gasteiger charge is 2.04. The van der Waals surface area contributed by atoms with E-state index in [0.29, 0.717) is 22.4 Å². The minimum atomic E-state index is 0.323. The van der Waals surface area contributed by atoms with Crippen LogP contribution in [-0.2, 0) is 0 Å². The van der Waals surface area contributed by atoms with Gasteiger partial charge in [0.15, 0.2) is 5.75 Å². The van der Waals surface area contributed by atoms with Crippen LogP contribution in [0.5, 0.6) is 5.75 Å². The van der Waals surface area contributed by atoms with Gasteiger partial charge in [0.1, 0.15) is 0 Å². The number of ether oxygens (including phenoxy) is 1. The van der Waals surface area contributed by atoms with E-state index in [1.165, 1.54) is 0 Å². The van der Waals surface area contributed by atoms with Gasteiger partial charge in [0.2, 0.25) is 0 Å². The number of halogens is 2. The Morgan fingerprint density at radius 2 is 1.82 bits per heavy atom. The molecule has 1 nitrogen and oxygen atoms in total. The van der Waals surface area contributed by atoms with Crippen LogP contribution in [0.3, 0.4) is 0 Å². The molecule has 0 bridgehead atoms. The highest BCUT2D eigenvalue weighted by atomic mass is 35.5. The number of rotatable bonds is 2. The minimum Gasteiger partial charge on any atom is -0.490 e. The molecule has 0 unspecified atom stereocenters. The van der Waals surface area contributed by atoms with Gasteiger partial charge in [-0.2, -0.15) is 0 Å². The molecule has 0 spiro atoms. The number of hydrogen-bond donors (Lipinski definition) is 0. The fourth-order valence-corrected chi connectivity index (χ4v) is 1.23. The van der Waals surface area contributed by atoms with Crippen molar-refractivity contribution in [1.82, 2.24) is 0 Å². The van der Waals surface area contributed by atoms with Crippen LogP contribution < -0.4 is 4.74 Å². The van der Waals surface area contributed by atoms with Gasteiger partial charge in [-0.1, -0.05) is 29.3 Å². The molecule has 1 aromatic rings. The monoisotopic (exact) mass is 189 g/mol. The average molecular weight is 190 g/mol. The lowest BCUT2D eigenvalue weighted by atomic mass is 10.3. The SMILES string of the molecule is [CH2]COc1c(Cl)cccc1Cl. The molecule has 0 aliphatic carbocycles. The molecule has 59 valence electrons. The molecule has 0 fully saturated rings. The third kappa shape index (κ3) is 2.01. The van der Waals surface area contributed by atoms with Crippen molar-refractivity contribution in [2.75, 3.05) is 6.61 Å². The molecule has 0 atom stereocenters. The molecule has 0 amide bonds. The van der Waals surface area contributed by atoms with E-state index in [1.54, 1.807) is 18.2 Å². The lowest BCUT2D eigenvalue weighted by molar-refractivity contribution is 0.361. The van der Waals surface area contributed by atoms with Crippen LogP contribution in [0.4, 0.5) is 0 Å². The van der Waals surface area contributed by atoms with E-state index in [0.717, 1.165) is 0 Å². The maximum Gasteiger partial charge on any atom is 0.156 e. The van der Waals surface area contributed by atoms with Gasteiger partial charge in [-0.05, 0) is 19.1 Å². The Morgan fingerprint density at radius 3 is 2.27 bits per heavy atom. The molecule has 0 saturated heterocycles. The van der Waals surface area contributed by atoms with Gasteiger partial charge < -0.3 is 4.74 Å². The van der Waals surface area contributed by atoms with Crippen LogP contribution in [0.1, 0.15) is 0 Å². The Kier molecular flexibility index (Phi) is 3.03. The van der Waals surface area contributed by atoms with E-state index < -0.39 is 0 Å². The first-order valence-electron chi connectivity index (χ1n) is 3.11. The predicted octanol–water partition coefficient (Wildman–Crippen LogP) is 3.21. The summed E-state index contributed by atoms with van der Waals surface area (Å²) in [5.74, 6) is 0.505. The van der Waals surface area contributed by atoms with E-state index in [4.69, 9.17) is 27.9 Å². The van der Waals surface area contributed by atoms with E-state index in [-0.39, 0.29) is 0 Å². The van der Waals surface area contributed by atoms with Crippen LogP contribution in [0, 0.1) is 6.92 Å². The Balaban J connectivity index is 3.00. The standard InChI is InChI=1S/C8H7Cl2O/c1-2-11-8-6(9)4-3-5-7(8)10/h3-5H,1-2H2. The summed E-state index contributed by atoms with van der Waals surface area (Å²) in [5, 5.41) is 1.03. The third-order valence-electron chi connectivity index (χ3n) is 1.17. The molecular formula is C8H7Cl2O. The molecule has 0 heterocycles. The lowest BCUT2D eigenvalue weighted by Crippen LogP contribution is -1.92. The van der Waals surface area contributed by atoms with Crippen LogP contribution >= 0.6 is 23.2 Å². The van der Waals surface area contributed by atoms with E-state index in [2.05, 4.69) is 6.92 Å². The quantitative estimate of drug-likeness (QED) is 0.695. The fraction of sp³-hybridized carbons (Fsp3) is 0.125. The van der Waals surface area contributed by atoms with Gasteiger partial charge in [0.25, 0.3) is 0 Å². The number of hydrogen-bond acceptors (Lipinski definition) is 1.